The lowest BCUT2D eigenvalue weighted by molar-refractivity contribution is -0.0637. The van der Waals surface area contributed by atoms with Crippen LogP contribution in [0.4, 0.5) is 4.79 Å². The summed E-state index contributed by atoms with van der Waals surface area (Å²) < 4.78 is 36.7. The largest absolute Gasteiger partial charge is 0.447 e. The molecule has 0 aromatic carbocycles. The molecule has 2 aromatic rings. The molecule has 3 rings (SSSR count). The van der Waals surface area contributed by atoms with Gasteiger partial charge < -0.3 is 40.8 Å². The number of ether oxygens (including phenoxy) is 3. The number of alkyl carbamates (subject to hydrolysis) is 1. The van der Waals surface area contributed by atoms with Crippen LogP contribution in [0.2, 0.25) is 0 Å². The highest BCUT2D eigenvalue weighted by Gasteiger charge is 2.49. The first-order valence-electron chi connectivity index (χ1n) is 14.5. The van der Waals surface area contributed by atoms with Crippen molar-refractivity contribution in [3.8, 4) is 0 Å². The smallest absolute Gasteiger partial charge is 0.407 e. The molecule has 19 heteroatoms. The quantitative estimate of drug-likeness (QED) is 0.0738. The van der Waals surface area contributed by atoms with E-state index in [1.807, 2.05) is 0 Å². The first-order valence-corrected chi connectivity index (χ1v) is 16.5. The van der Waals surface area contributed by atoms with Crippen molar-refractivity contribution in [3.63, 3.8) is 0 Å². The van der Waals surface area contributed by atoms with Gasteiger partial charge in [-0.15, -0.1) is 5.10 Å². The number of nitrogens with zero attached hydrogens (tertiary/aromatic N) is 4. The van der Waals surface area contributed by atoms with Gasteiger partial charge >= 0.3 is 19.4 Å². The summed E-state index contributed by atoms with van der Waals surface area (Å²) in [5.74, 6) is 0. The van der Waals surface area contributed by atoms with Crippen molar-refractivity contribution in [1.82, 2.24) is 40.5 Å². The van der Waals surface area contributed by atoms with E-state index in [9.17, 15) is 23.8 Å². The van der Waals surface area contributed by atoms with E-state index in [1.165, 1.54) is 13.3 Å². The Morgan fingerprint density at radius 2 is 1.86 bits per heavy atom. The zero-order chi connectivity index (χ0) is 32.0. The van der Waals surface area contributed by atoms with Gasteiger partial charge in [-0.3, -0.25) is 28.1 Å². The van der Waals surface area contributed by atoms with Gasteiger partial charge in [-0.2, -0.15) is 0 Å². The van der Waals surface area contributed by atoms with Crippen LogP contribution in [-0.4, -0.2) is 107 Å². The lowest BCUT2D eigenvalue weighted by Gasteiger charge is -2.24. The van der Waals surface area contributed by atoms with Gasteiger partial charge in [0.1, 0.15) is 30.6 Å². The minimum absolute atomic E-state index is 0.0543. The van der Waals surface area contributed by atoms with E-state index in [0.29, 0.717) is 18.8 Å². The molecule has 2 unspecified atom stereocenters. The number of nitrogens with two attached hydrogens (primary N) is 1. The van der Waals surface area contributed by atoms with Crippen molar-refractivity contribution < 1.29 is 33.0 Å². The number of hydrogen-bond donors (Lipinski definition) is 6. The van der Waals surface area contributed by atoms with Gasteiger partial charge in [-0.05, 0) is 58.4 Å². The summed E-state index contributed by atoms with van der Waals surface area (Å²) in [5.41, 5.74) is 4.60. The summed E-state index contributed by atoms with van der Waals surface area (Å²) in [6.07, 6.45) is 1.73. The summed E-state index contributed by atoms with van der Waals surface area (Å²) in [4.78, 5) is 48.2. The molecular formula is C25H44N9O9P. The molecule has 2 aromatic heterocycles. The zero-order valence-corrected chi connectivity index (χ0v) is 25.9. The van der Waals surface area contributed by atoms with Gasteiger partial charge in [-0.25, -0.2) is 9.59 Å². The standard InChI is InChI=1S/C25H44N9O9P/c1-40-22-21(43-44(2,38)39)19(42-23(22)34-14-7-20(35)30-24(34)36)17-41-25(37)29-15-18-16-33(32-31-18)13-6-12-28-10-4-3-9-27-11-5-8-26/h7,14,16,19,21-23,27-28H,3-6,8-13,15,17,26H2,1-2H3,(H,29,37)(H,38,39)(H,30,35,36)/t19-,21+,22?,23-/m1/s1. The minimum Gasteiger partial charge on any atom is -0.447 e. The summed E-state index contributed by atoms with van der Waals surface area (Å²) in [6, 6.07) is 1.11. The van der Waals surface area contributed by atoms with Crippen LogP contribution in [0.15, 0.2) is 28.0 Å². The number of H-pyrrole nitrogens is 1. The van der Waals surface area contributed by atoms with E-state index in [-0.39, 0.29) is 6.54 Å². The number of amides is 1. The third-order valence-electron chi connectivity index (χ3n) is 6.63. The van der Waals surface area contributed by atoms with Crippen molar-refractivity contribution in [2.24, 2.45) is 5.73 Å². The Bertz CT molecular complexity index is 1310. The fourth-order valence-electron chi connectivity index (χ4n) is 4.54. The number of rotatable bonds is 20. The zero-order valence-electron chi connectivity index (χ0n) is 25.1. The number of carbonyl (C=O) groups is 1. The molecule has 1 amide bonds. The van der Waals surface area contributed by atoms with Crippen LogP contribution in [0, 0.1) is 0 Å². The predicted molar refractivity (Wildman–Crippen MR) is 158 cm³/mol. The lowest BCUT2D eigenvalue weighted by Crippen LogP contribution is -2.40. The van der Waals surface area contributed by atoms with Crippen LogP contribution in [0.25, 0.3) is 0 Å². The van der Waals surface area contributed by atoms with Crippen molar-refractivity contribution >= 4 is 13.7 Å². The molecule has 0 bridgehead atoms. The molecule has 0 radical (unpaired) electrons. The number of carbonyl (C=O) groups excluding carboxylic acids is 1. The number of aryl methyl sites for hydroxylation is 1. The van der Waals surface area contributed by atoms with E-state index in [1.54, 1.807) is 10.9 Å². The Labute approximate surface area is 254 Å². The molecular weight excluding hydrogens is 601 g/mol. The second kappa shape index (κ2) is 18.1. The van der Waals surface area contributed by atoms with E-state index < -0.39 is 56.1 Å². The van der Waals surface area contributed by atoms with Crippen molar-refractivity contribution in [2.75, 3.05) is 53.1 Å². The third-order valence-corrected chi connectivity index (χ3v) is 7.27. The second-order valence-electron chi connectivity index (χ2n) is 10.3. The SMILES string of the molecule is COC1[C@@H](OP(C)(=O)O)[C@@H](COC(=O)NCc2cn(CCCNCCCCNCCCN)nn2)O[C@H]1n1ccc(=O)[nH]c1=O. The number of unbranched alkanes of at least 4 members (excludes halogenated alkanes) is 1. The minimum atomic E-state index is -4.05. The number of aromatic nitrogens is 5. The highest BCUT2D eigenvalue weighted by Crippen LogP contribution is 2.44. The molecule has 1 aliphatic rings. The topological polar surface area (TPSA) is 239 Å². The summed E-state index contributed by atoms with van der Waals surface area (Å²) >= 11 is 0. The van der Waals surface area contributed by atoms with Crippen LogP contribution in [0.1, 0.15) is 37.6 Å². The molecule has 44 heavy (non-hydrogen) atoms. The average molecular weight is 646 g/mol. The van der Waals surface area contributed by atoms with Crippen LogP contribution in [-0.2, 0) is 36.4 Å². The van der Waals surface area contributed by atoms with Crippen LogP contribution >= 0.6 is 7.60 Å². The molecule has 3 heterocycles. The van der Waals surface area contributed by atoms with E-state index >= 15 is 0 Å². The molecule has 18 nitrogen and oxygen atoms in total. The molecule has 1 saturated heterocycles. The summed E-state index contributed by atoms with van der Waals surface area (Å²) in [6.45, 7) is 5.77. The first-order chi connectivity index (χ1) is 21.1. The van der Waals surface area contributed by atoms with Crippen molar-refractivity contribution in [3.05, 3.63) is 45.0 Å². The molecule has 0 saturated carbocycles. The predicted octanol–water partition coefficient (Wildman–Crippen LogP) is -1.13. The van der Waals surface area contributed by atoms with Gasteiger partial charge in [0.15, 0.2) is 6.23 Å². The summed E-state index contributed by atoms with van der Waals surface area (Å²) in [7, 11) is -2.75. The van der Waals surface area contributed by atoms with Crippen LogP contribution in [0.5, 0.6) is 0 Å². The number of nitrogens with one attached hydrogen (secondary N) is 4. The van der Waals surface area contributed by atoms with Crippen LogP contribution in [0.3, 0.4) is 0 Å². The Morgan fingerprint density at radius 1 is 1.16 bits per heavy atom. The highest BCUT2D eigenvalue weighted by atomic mass is 31.2. The molecule has 0 aliphatic carbocycles. The molecule has 1 fully saturated rings. The van der Waals surface area contributed by atoms with Crippen molar-refractivity contribution in [2.45, 2.75) is 63.3 Å². The fourth-order valence-corrected chi connectivity index (χ4v) is 5.25. The maximum Gasteiger partial charge on any atom is 0.407 e. The first kappa shape index (κ1) is 35.5. The van der Waals surface area contributed by atoms with Crippen LogP contribution < -0.4 is 32.9 Å². The molecule has 248 valence electrons. The van der Waals surface area contributed by atoms with Gasteiger partial charge in [0.25, 0.3) is 5.56 Å². The average Bonchev–Trinajstić information content (AvgIpc) is 3.56. The van der Waals surface area contributed by atoms with Gasteiger partial charge in [0, 0.05) is 32.6 Å². The number of hydrogen-bond acceptors (Lipinski definition) is 13. The highest BCUT2D eigenvalue weighted by molar-refractivity contribution is 7.51. The van der Waals surface area contributed by atoms with Gasteiger partial charge in [0.2, 0.25) is 0 Å². The maximum atomic E-state index is 12.4. The lowest BCUT2D eigenvalue weighted by atomic mass is 10.1. The Hall–Kier alpha value is -2.96. The second-order valence-corrected chi connectivity index (χ2v) is 12.1. The number of aromatic amines is 1. The number of methoxy groups -OCH3 is 1. The molecule has 5 atom stereocenters. The van der Waals surface area contributed by atoms with Gasteiger partial charge in [0.05, 0.1) is 12.7 Å². The fraction of sp³-hybridized carbons (Fsp3) is 0.720. The third kappa shape index (κ3) is 11.9. The molecule has 7 N–H and O–H groups in total. The normalized spacial score (nSPS) is 21.3. The molecule has 0 spiro atoms. The Morgan fingerprint density at radius 3 is 2.52 bits per heavy atom. The van der Waals surface area contributed by atoms with Gasteiger partial charge in [-0.1, -0.05) is 5.21 Å². The van der Waals surface area contributed by atoms with E-state index in [4.69, 9.17) is 24.5 Å². The van der Waals surface area contributed by atoms with Crippen molar-refractivity contribution in [1.29, 1.82) is 0 Å². The molecule has 1 aliphatic heterocycles. The summed E-state index contributed by atoms with van der Waals surface area (Å²) in [5, 5.41) is 17.5. The monoisotopic (exact) mass is 645 g/mol. The van der Waals surface area contributed by atoms with E-state index in [2.05, 4.69) is 31.2 Å². The van der Waals surface area contributed by atoms with E-state index in [0.717, 1.165) is 69.2 Å². The maximum absolute atomic E-state index is 12.4. The Balaban J connectivity index is 1.41. The Kier molecular flexibility index (Phi) is 14.6.